The Morgan fingerprint density at radius 1 is 1.54 bits per heavy atom. The average molecular weight is 210 g/mol. The van der Waals surface area contributed by atoms with Gasteiger partial charge in [-0.05, 0) is 24.4 Å². The van der Waals surface area contributed by atoms with Crippen molar-refractivity contribution in [2.75, 3.05) is 0 Å². The summed E-state index contributed by atoms with van der Waals surface area (Å²) in [4.78, 5) is 8.04. The summed E-state index contributed by atoms with van der Waals surface area (Å²) in [5.41, 5.74) is 0.753. The first-order chi connectivity index (χ1) is 6.22. The van der Waals surface area contributed by atoms with Crippen LogP contribution in [0.3, 0.4) is 0 Å². The van der Waals surface area contributed by atoms with Crippen LogP contribution in [-0.2, 0) is 0 Å². The van der Waals surface area contributed by atoms with E-state index in [9.17, 15) is 0 Å². The van der Waals surface area contributed by atoms with Gasteiger partial charge < -0.3 is 0 Å². The molecule has 0 bridgehead atoms. The summed E-state index contributed by atoms with van der Waals surface area (Å²) >= 11 is 6.21. The van der Waals surface area contributed by atoms with E-state index in [2.05, 4.69) is 41.2 Å². The van der Waals surface area contributed by atoms with Crippen LogP contribution in [0.4, 0.5) is 5.69 Å². The fourth-order valence-electron chi connectivity index (χ4n) is 0.803. The molecule has 0 unspecified atom stereocenters. The number of rotatable bonds is 3. The van der Waals surface area contributed by atoms with Gasteiger partial charge in [0, 0.05) is 5.25 Å². The Morgan fingerprint density at radius 3 is 2.77 bits per heavy atom. The molecule has 0 radical (unpaired) electrons. The molecule has 13 heavy (non-hydrogen) atoms. The van der Waals surface area contributed by atoms with E-state index >= 15 is 0 Å². The van der Waals surface area contributed by atoms with Gasteiger partial charge in [-0.3, -0.25) is 0 Å². The van der Waals surface area contributed by atoms with Crippen molar-refractivity contribution in [2.45, 2.75) is 24.1 Å². The first-order valence-electron chi connectivity index (χ1n) is 3.93. The van der Waals surface area contributed by atoms with E-state index in [1.54, 1.807) is 18.0 Å². The third-order valence-corrected chi connectivity index (χ3v) is 2.30. The third-order valence-electron chi connectivity index (χ3n) is 1.25. The van der Waals surface area contributed by atoms with Gasteiger partial charge >= 0.3 is 0 Å². The Labute approximate surface area is 87.5 Å². The topological polar surface area (TPSA) is 25.2 Å². The molecule has 2 nitrogen and oxygen atoms in total. The van der Waals surface area contributed by atoms with Gasteiger partial charge in [-0.15, -0.1) is 11.8 Å². The number of nitrogens with zero attached hydrogens (tertiary/aromatic N) is 2. The molecule has 0 fully saturated rings. The van der Waals surface area contributed by atoms with Crippen LogP contribution in [0, 0.1) is 0 Å². The summed E-state index contributed by atoms with van der Waals surface area (Å²) in [5, 5.41) is 3.87. The minimum Gasteiger partial charge on any atom is -0.248 e. The largest absolute Gasteiger partial charge is 0.248 e. The second-order valence-corrected chi connectivity index (χ2v) is 4.50. The van der Waals surface area contributed by atoms with Crippen molar-refractivity contribution in [3.05, 3.63) is 18.3 Å². The number of pyridine rings is 1. The predicted octanol–water partition coefficient (Wildman–Crippen LogP) is 3.32. The normalized spacial score (nSPS) is 9.77. The zero-order chi connectivity index (χ0) is 9.68. The van der Waals surface area contributed by atoms with E-state index in [0.717, 1.165) is 10.7 Å². The molecule has 4 heteroatoms. The van der Waals surface area contributed by atoms with Gasteiger partial charge in [-0.25, -0.2) is 4.98 Å². The predicted molar refractivity (Wildman–Crippen MR) is 59.9 cm³/mol. The van der Waals surface area contributed by atoms with Gasteiger partial charge in [-0.1, -0.05) is 13.8 Å². The molecule has 1 aromatic heterocycles. The van der Waals surface area contributed by atoms with Gasteiger partial charge in [0.1, 0.15) is 0 Å². The summed E-state index contributed by atoms with van der Waals surface area (Å²) in [5.74, 6) is 0. The number of thioether (sulfide) groups is 1. The first-order valence-corrected chi connectivity index (χ1v) is 5.21. The fourth-order valence-corrected chi connectivity index (χ4v) is 1.65. The highest BCUT2D eigenvalue weighted by molar-refractivity contribution is 7.99. The first kappa shape index (κ1) is 10.4. The standard InChI is InChI=1S/C9H10N2S2/c1-7(2)13-9-4-3-8(5-10-9)11-6-12/h3-5,7H,1-2H3. The zero-order valence-corrected chi connectivity index (χ0v) is 9.15. The molecular weight excluding hydrogens is 200 g/mol. The lowest BCUT2D eigenvalue weighted by molar-refractivity contribution is 1.07. The summed E-state index contributed by atoms with van der Waals surface area (Å²) in [6.45, 7) is 4.27. The van der Waals surface area contributed by atoms with Crippen molar-refractivity contribution in [1.29, 1.82) is 0 Å². The molecule has 0 aromatic carbocycles. The van der Waals surface area contributed by atoms with Crippen LogP contribution in [-0.4, -0.2) is 15.4 Å². The monoisotopic (exact) mass is 210 g/mol. The van der Waals surface area contributed by atoms with Crippen LogP contribution in [0.25, 0.3) is 0 Å². The van der Waals surface area contributed by atoms with Crippen LogP contribution >= 0.6 is 24.0 Å². The van der Waals surface area contributed by atoms with Crippen molar-refractivity contribution in [2.24, 2.45) is 4.99 Å². The Hall–Kier alpha value is -0.700. The second kappa shape index (κ2) is 5.12. The highest BCUT2D eigenvalue weighted by atomic mass is 32.2. The molecule has 0 aliphatic rings. The van der Waals surface area contributed by atoms with Crippen molar-refractivity contribution in [1.82, 2.24) is 4.98 Å². The molecule has 0 N–H and O–H groups in total. The number of aromatic nitrogens is 1. The lowest BCUT2D eigenvalue weighted by Gasteiger charge is -2.02. The second-order valence-electron chi connectivity index (χ2n) is 2.72. The molecule has 1 rings (SSSR count). The van der Waals surface area contributed by atoms with E-state index in [4.69, 9.17) is 0 Å². The van der Waals surface area contributed by atoms with Gasteiger partial charge in [-0.2, -0.15) is 4.99 Å². The lowest BCUT2D eigenvalue weighted by Crippen LogP contribution is -1.87. The number of isothiocyanates is 1. The van der Waals surface area contributed by atoms with Crippen LogP contribution in [0.1, 0.15) is 13.8 Å². The Kier molecular flexibility index (Phi) is 4.09. The molecule has 0 aliphatic heterocycles. The van der Waals surface area contributed by atoms with E-state index < -0.39 is 0 Å². The Bertz CT molecular complexity index is 313. The van der Waals surface area contributed by atoms with Gasteiger partial charge in [0.05, 0.1) is 22.1 Å². The molecule has 0 saturated carbocycles. The van der Waals surface area contributed by atoms with Crippen molar-refractivity contribution in [3.8, 4) is 0 Å². The average Bonchev–Trinajstić information content (AvgIpc) is 2.08. The van der Waals surface area contributed by atoms with Gasteiger partial charge in [0.25, 0.3) is 0 Å². The third kappa shape index (κ3) is 3.68. The Balaban J connectivity index is 2.75. The fraction of sp³-hybridized carbons (Fsp3) is 0.333. The van der Waals surface area contributed by atoms with E-state index in [1.807, 2.05) is 12.1 Å². The number of aliphatic imine (C=N–C) groups is 1. The minimum absolute atomic E-state index is 0.548. The van der Waals surface area contributed by atoms with Gasteiger partial charge in [0.2, 0.25) is 0 Å². The maximum absolute atomic E-state index is 4.49. The molecule has 0 aliphatic carbocycles. The molecule has 0 spiro atoms. The van der Waals surface area contributed by atoms with Gasteiger partial charge in [0.15, 0.2) is 0 Å². The van der Waals surface area contributed by atoms with Crippen molar-refractivity contribution < 1.29 is 0 Å². The van der Waals surface area contributed by atoms with E-state index in [0.29, 0.717) is 5.25 Å². The van der Waals surface area contributed by atoms with Crippen molar-refractivity contribution in [3.63, 3.8) is 0 Å². The molecule has 0 saturated heterocycles. The highest BCUT2D eigenvalue weighted by Crippen LogP contribution is 2.21. The number of hydrogen-bond acceptors (Lipinski definition) is 4. The van der Waals surface area contributed by atoms with Crippen LogP contribution < -0.4 is 0 Å². The summed E-state index contributed by atoms with van der Waals surface area (Å²) in [6.07, 6.45) is 1.70. The van der Waals surface area contributed by atoms with E-state index in [-0.39, 0.29) is 0 Å². The van der Waals surface area contributed by atoms with Crippen LogP contribution in [0.2, 0.25) is 0 Å². The maximum atomic E-state index is 4.49. The molecule has 0 atom stereocenters. The van der Waals surface area contributed by atoms with Crippen molar-refractivity contribution >= 4 is 34.8 Å². The summed E-state index contributed by atoms with van der Waals surface area (Å²) in [7, 11) is 0. The maximum Gasteiger partial charge on any atom is 0.0964 e. The smallest absolute Gasteiger partial charge is 0.0964 e. The lowest BCUT2D eigenvalue weighted by atomic mass is 10.4. The van der Waals surface area contributed by atoms with Crippen LogP contribution in [0.5, 0.6) is 0 Å². The molecule has 1 aromatic rings. The molecule has 68 valence electrons. The molecule has 1 heterocycles. The SMILES string of the molecule is CC(C)Sc1ccc(N=C=S)cn1. The highest BCUT2D eigenvalue weighted by Gasteiger charge is 1.98. The summed E-state index contributed by atoms with van der Waals surface area (Å²) in [6, 6.07) is 3.83. The van der Waals surface area contributed by atoms with E-state index in [1.165, 1.54) is 0 Å². The Morgan fingerprint density at radius 2 is 2.31 bits per heavy atom. The quantitative estimate of drug-likeness (QED) is 0.435. The molecule has 0 amide bonds. The summed E-state index contributed by atoms with van der Waals surface area (Å²) < 4.78 is 0. The van der Waals surface area contributed by atoms with Crippen LogP contribution in [0.15, 0.2) is 28.3 Å². The minimum atomic E-state index is 0.548. The molecular formula is C9H10N2S2. The number of thiocarbonyl (C=S) groups is 1. The number of hydrogen-bond donors (Lipinski definition) is 0. The zero-order valence-electron chi connectivity index (χ0n) is 7.52.